The van der Waals surface area contributed by atoms with Crippen molar-refractivity contribution in [3.8, 4) is 0 Å². The van der Waals surface area contributed by atoms with Gasteiger partial charge in [0.2, 0.25) is 0 Å². The van der Waals surface area contributed by atoms with Crippen molar-refractivity contribution in [3.05, 3.63) is 0 Å². The third-order valence-corrected chi connectivity index (χ3v) is 1.20. The van der Waals surface area contributed by atoms with Crippen LogP contribution < -0.4 is 4.72 Å². The molecule has 2 N–H and O–H groups in total. The van der Waals surface area contributed by atoms with E-state index in [0.717, 1.165) is 0 Å². The van der Waals surface area contributed by atoms with Crippen molar-refractivity contribution in [2.24, 2.45) is 0 Å². The standard InChI is InChI=1S/C2H6ClNO3S/c1-2(3)4-8(5,6)7/h2,4H,1H3,(H,5,6,7). The highest BCUT2D eigenvalue weighted by atomic mass is 35.5. The van der Waals surface area contributed by atoms with Crippen molar-refractivity contribution in [3.63, 3.8) is 0 Å². The zero-order valence-electron chi connectivity index (χ0n) is 4.13. The number of halogens is 1. The molecule has 0 radical (unpaired) electrons. The van der Waals surface area contributed by atoms with Crippen LogP contribution in [0.4, 0.5) is 0 Å². The molecule has 0 amide bonds. The van der Waals surface area contributed by atoms with E-state index < -0.39 is 15.8 Å². The molecule has 6 heteroatoms. The van der Waals surface area contributed by atoms with Gasteiger partial charge in [-0.05, 0) is 6.92 Å². The fourth-order valence-corrected chi connectivity index (χ4v) is 0.953. The van der Waals surface area contributed by atoms with E-state index in [0.29, 0.717) is 0 Å². The Kier molecular flexibility index (Phi) is 2.68. The molecule has 50 valence electrons. The SMILES string of the molecule is CC(Cl)NS(=O)(=O)O. The summed E-state index contributed by atoms with van der Waals surface area (Å²) in [7, 11) is -4.11. The summed E-state index contributed by atoms with van der Waals surface area (Å²) < 4.78 is 29.2. The lowest BCUT2D eigenvalue weighted by molar-refractivity contribution is 0.467. The average Bonchev–Trinajstić information content (AvgIpc) is 1.21. The highest BCUT2D eigenvalue weighted by Gasteiger charge is 2.04. The van der Waals surface area contributed by atoms with Gasteiger partial charge in [-0.3, -0.25) is 4.55 Å². The van der Waals surface area contributed by atoms with E-state index in [2.05, 4.69) is 0 Å². The molecule has 0 fully saturated rings. The molecule has 4 nitrogen and oxygen atoms in total. The van der Waals surface area contributed by atoms with Gasteiger partial charge < -0.3 is 0 Å². The Labute approximate surface area is 52.7 Å². The molecule has 0 saturated heterocycles. The van der Waals surface area contributed by atoms with Gasteiger partial charge in [0.15, 0.2) is 0 Å². The maximum absolute atomic E-state index is 9.80. The molecule has 0 bridgehead atoms. The molecule has 0 aromatic rings. The lowest BCUT2D eigenvalue weighted by Crippen LogP contribution is -2.27. The molecule has 0 spiro atoms. The predicted octanol–water partition coefficient (Wildman–Crippen LogP) is -0.0364. The van der Waals surface area contributed by atoms with Crippen LogP contribution in [0, 0.1) is 0 Å². The van der Waals surface area contributed by atoms with Crippen molar-refractivity contribution in [1.29, 1.82) is 0 Å². The Morgan fingerprint density at radius 1 is 1.75 bits per heavy atom. The van der Waals surface area contributed by atoms with E-state index in [9.17, 15) is 8.42 Å². The van der Waals surface area contributed by atoms with Gasteiger partial charge >= 0.3 is 10.3 Å². The Morgan fingerprint density at radius 3 is 2.12 bits per heavy atom. The van der Waals surface area contributed by atoms with Gasteiger partial charge in [0.1, 0.15) is 0 Å². The highest BCUT2D eigenvalue weighted by molar-refractivity contribution is 7.83. The smallest absolute Gasteiger partial charge is 0.273 e. The van der Waals surface area contributed by atoms with E-state index in [4.69, 9.17) is 16.2 Å². The van der Waals surface area contributed by atoms with Crippen molar-refractivity contribution >= 4 is 21.9 Å². The van der Waals surface area contributed by atoms with Crippen LogP contribution in [0.1, 0.15) is 6.92 Å². The zero-order chi connectivity index (χ0) is 6.78. The first kappa shape index (κ1) is 8.16. The van der Waals surface area contributed by atoms with Gasteiger partial charge in [0, 0.05) is 0 Å². The average molecular weight is 160 g/mol. The fourth-order valence-electron chi connectivity index (χ4n) is 0.205. The van der Waals surface area contributed by atoms with Crippen LogP contribution in [-0.4, -0.2) is 18.5 Å². The number of nitrogens with one attached hydrogen (secondary N) is 1. The van der Waals surface area contributed by atoms with E-state index in [-0.39, 0.29) is 0 Å². The number of hydrogen-bond acceptors (Lipinski definition) is 2. The molecule has 0 rings (SSSR count). The van der Waals surface area contributed by atoms with Gasteiger partial charge in [-0.15, -0.1) is 11.6 Å². The van der Waals surface area contributed by atoms with Crippen LogP contribution in [0.25, 0.3) is 0 Å². The van der Waals surface area contributed by atoms with Crippen molar-refractivity contribution in [2.75, 3.05) is 0 Å². The summed E-state index contributed by atoms with van der Waals surface area (Å²) in [6.45, 7) is 1.38. The van der Waals surface area contributed by atoms with Crippen molar-refractivity contribution in [1.82, 2.24) is 4.72 Å². The summed E-state index contributed by atoms with van der Waals surface area (Å²) in [6, 6.07) is 0. The van der Waals surface area contributed by atoms with Gasteiger partial charge in [-0.1, -0.05) is 0 Å². The van der Waals surface area contributed by atoms with Crippen LogP contribution in [0.5, 0.6) is 0 Å². The minimum Gasteiger partial charge on any atom is -0.273 e. The maximum atomic E-state index is 9.80. The molecular formula is C2H6ClNO3S. The van der Waals surface area contributed by atoms with Gasteiger partial charge in [-0.2, -0.15) is 13.1 Å². The predicted molar refractivity (Wildman–Crippen MR) is 30.0 cm³/mol. The monoisotopic (exact) mass is 159 g/mol. The van der Waals surface area contributed by atoms with Crippen LogP contribution >= 0.6 is 11.6 Å². The molecule has 0 aliphatic heterocycles. The van der Waals surface area contributed by atoms with Crippen LogP contribution in [0.3, 0.4) is 0 Å². The molecule has 8 heavy (non-hydrogen) atoms. The summed E-state index contributed by atoms with van der Waals surface area (Å²) in [5.41, 5.74) is -0.773. The van der Waals surface area contributed by atoms with E-state index >= 15 is 0 Å². The Balaban J connectivity index is 3.75. The normalized spacial score (nSPS) is 15.9. The van der Waals surface area contributed by atoms with Gasteiger partial charge in [0.05, 0.1) is 5.50 Å². The first-order chi connectivity index (χ1) is 3.42. The van der Waals surface area contributed by atoms with Crippen LogP contribution in [-0.2, 0) is 10.3 Å². The van der Waals surface area contributed by atoms with Crippen LogP contribution in [0.15, 0.2) is 0 Å². The Hall–Kier alpha value is 0.160. The molecular weight excluding hydrogens is 154 g/mol. The van der Waals surface area contributed by atoms with Gasteiger partial charge in [-0.25, -0.2) is 0 Å². The number of rotatable bonds is 2. The van der Waals surface area contributed by atoms with E-state index in [1.54, 1.807) is 4.72 Å². The number of hydrogen-bond donors (Lipinski definition) is 2. The van der Waals surface area contributed by atoms with Crippen molar-refractivity contribution < 1.29 is 13.0 Å². The molecule has 0 aliphatic rings. The minimum absolute atomic E-state index is 0.773. The summed E-state index contributed by atoms with van der Waals surface area (Å²) >= 11 is 5.11. The summed E-state index contributed by atoms with van der Waals surface area (Å²) in [4.78, 5) is 0. The first-order valence-corrected chi connectivity index (χ1v) is 3.68. The second kappa shape index (κ2) is 2.63. The Morgan fingerprint density at radius 2 is 2.12 bits per heavy atom. The molecule has 0 aromatic heterocycles. The first-order valence-electron chi connectivity index (χ1n) is 1.80. The van der Waals surface area contributed by atoms with Crippen molar-refractivity contribution in [2.45, 2.75) is 12.4 Å². The summed E-state index contributed by atoms with van der Waals surface area (Å²) in [5, 5.41) is 0. The molecule has 0 saturated carbocycles. The lowest BCUT2D eigenvalue weighted by Gasteiger charge is -1.98. The third-order valence-electron chi connectivity index (χ3n) is 0.311. The summed E-state index contributed by atoms with van der Waals surface area (Å²) in [6.07, 6.45) is 0. The quantitative estimate of drug-likeness (QED) is 0.338. The third kappa shape index (κ3) is 6.16. The molecule has 0 aliphatic carbocycles. The van der Waals surface area contributed by atoms with Gasteiger partial charge in [0.25, 0.3) is 0 Å². The molecule has 1 unspecified atom stereocenters. The lowest BCUT2D eigenvalue weighted by atomic mass is 10.8. The summed E-state index contributed by atoms with van der Waals surface area (Å²) in [5.74, 6) is 0. The minimum atomic E-state index is -4.11. The molecule has 0 aromatic carbocycles. The Bertz CT molecular complexity index is 151. The van der Waals surface area contributed by atoms with E-state index in [1.807, 2.05) is 0 Å². The number of alkyl halides is 1. The highest BCUT2D eigenvalue weighted by Crippen LogP contribution is 1.87. The maximum Gasteiger partial charge on any atom is 0.334 e. The second-order valence-corrected chi connectivity index (χ2v) is 3.05. The molecule has 1 atom stereocenters. The zero-order valence-corrected chi connectivity index (χ0v) is 5.70. The second-order valence-electron chi connectivity index (χ2n) is 1.21. The molecule has 0 heterocycles. The van der Waals surface area contributed by atoms with Crippen LogP contribution in [0.2, 0.25) is 0 Å². The van der Waals surface area contributed by atoms with E-state index in [1.165, 1.54) is 6.92 Å². The fraction of sp³-hybridized carbons (Fsp3) is 1.00. The largest absolute Gasteiger partial charge is 0.334 e. The topological polar surface area (TPSA) is 66.4 Å².